The van der Waals surface area contributed by atoms with Crippen LogP contribution in [0.3, 0.4) is 0 Å². The van der Waals surface area contributed by atoms with E-state index in [4.69, 9.17) is 11.6 Å². The second-order valence-corrected chi connectivity index (χ2v) is 7.40. The Morgan fingerprint density at radius 2 is 2.00 bits per heavy atom. The van der Waals surface area contributed by atoms with E-state index < -0.39 is 11.7 Å². The van der Waals surface area contributed by atoms with Crippen molar-refractivity contribution in [1.82, 2.24) is 10.2 Å². The lowest BCUT2D eigenvalue weighted by Gasteiger charge is -2.49. The molecule has 1 aromatic carbocycles. The first-order valence-electron chi connectivity index (χ1n) is 8.09. The van der Waals surface area contributed by atoms with E-state index in [9.17, 15) is 13.2 Å². The van der Waals surface area contributed by atoms with Crippen LogP contribution in [0.5, 0.6) is 0 Å². The first kappa shape index (κ1) is 17.1. The molecule has 1 heterocycles. The molecule has 0 amide bonds. The SMILES string of the molecule is C[C@@H]1CN[C@@H](C)CN1C(c1ccc(F)c(Cl)c1)C1CC(F)(F)C1. The third-order valence-electron chi connectivity index (χ3n) is 5.02. The van der Waals surface area contributed by atoms with E-state index in [-0.39, 0.29) is 35.9 Å². The molecular formula is C17H22ClF3N2. The molecule has 128 valence electrons. The van der Waals surface area contributed by atoms with Gasteiger partial charge in [0.05, 0.1) is 5.02 Å². The van der Waals surface area contributed by atoms with Gasteiger partial charge in [-0.05, 0) is 37.5 Å². The minimum absolute atomic E-state index is 0.0504. The quantitative estimate of drug-likeness (QED) is 0.880. The molecule has 0 bridgehead atoms. The van der Waals surface area contributed by atoms with Crippen LogP contribution in [0.2, 0.25) is 5.02 Å². The van der Waals surface area contributed by atoms with Crippen LogP contribution >= 0.6 is 11.6 Å². The lowest BCUT2D eigenvalue weighted by atomic mass is 9.73. The lowest BCUT2D eigenvalue weighted by molar-refractivity contribution is -0.137. The van der Waals surface area contributed by atoms with Gasteiger partial charge in [0.2, 0.25) is 5.92 Å². The van der Waals surface area contributed by atoms with Crippen LogP contribution in [0.25, 0.3) is 0 Å². The van der Waals surface area contributed by atoms with Crippen LogP contribution in [-0.4, -0.2) is 36.0 Å². The van der Waals surface area contributed by atoms with E-state index in [2.05, 4.69) is 24.1 Å². The van der Waals surface area contributed by atoms with E-state index in [1.807, 2.05) is 0 Å². The zero-order valence-electron chi connectivity index (χ0n) is 13.3. The third kappa shape index (κ3) is 3.52. The summed E-state index contributed by atoms with van der Waals surface area (Å²) in [5.41, 5.74) is 0.831. The molecular weight excluding hydrogens is 325 g/mol. The topological polar surface area (TPSA) is 15.3 Å². The van der Waals surface area contributed by atoms with Crippen LogP contribution in [0.1, 0.15) is 38.3 Å². The minimum atomic E-state index is -2.57. The van der Waals surface area contributed by atoms with E-state index >= 15 is 0 Å². The highest BCUT2D eigenvalue weighted by Crippen LogP contribution is 2.51. The van der Waals surface area contributed by atoms with Gasteiger partial charge in [0.25, 0.3) is 0 Å². The van der Waals surface area contributed by atoms with Crippen LogP contribution in [0.4, 0.5) is 13.2 Å². The Labute approximate surface area is 140 Å². The molecule has 6 heteroatoms. The van der Waals surface area contributed by atoms with Crippen molar-refractivity contribution >= 4 is 11.6 Å². The summed E-state index contributed by atoms with van der Waals surface area (Å²) in [4.78, 5) is 2.27. The van der Waals surface area contributed by atoms with E-state index in [1.54, 1.807) is 12.1 Å². The highest BCUT2D eigenvalue weighted by Gasteiger charge is 2.51. The van der Waals surface area contributed by atoms with E-state index in [1.165, 1.54) is 6.07 Å². The second kappa shape index (κ2) is 6.26. The summed E-state index contributed by atoms with van der Waals surface area (Å²) >= 11 is 5.93. The zero-order valence-corrected chi connectivity index (χ0v) is 14.1. The molecule has 0 aromatic heterocycles. The summed E-state index contributed by atoms with van der Waals surface area (Å²) in [7, 11) is 0. The molecule has 2 nitrogen and oxygen atoms in total. The highest BCUT2D eigenvalue weighted by molar-refractivity contribution is 6.30. The molecule has 2 fully saturated rings. The van der Waals surface area contributed by atoms with Gasteiger partial charge < -0.3 is 5.32 Å². The molecule has 0 spiro atoms. The number of alkyl halides is 2. The number of hydrogen-bond donors (Lipinski definition) is 1. The molecule has 1 aliphatic carbocycles. The predicted octanol–water partition coefficient (Wildman–Crippen LogP) is 4.25. The van der Waals surface area contributed by atoms with Crippen molar-refractivity contribution in [3.63, 3.8) is 0 Å². The number of benzene rings is 1. The minimum Gasteiger partial charge on any atom is -0.311 e. The normalized spacial score (nSPS) is 30.0. The van der Waals surface area contributed by atoms with Crippen molar-refractivity contribution in [3.8, 4) is 0 Å². The largest absolute Gasteiger partial charge is 0.311 e. The molecule has 1 saturated carbocycles. The summed E-state index contributed by atoms with van der Waals surface area (Å²) in [6.45, 7) is 5.77. The van der Waals surface area contributed by atoms with Gasteiger partial charge in [-0.2, -0.15) is 0 Å². The molecule has 0 radical (unpaired) electrons. The Morgan fingerprint density at radius 1 is 1.30 bits per heavy atom. The lowest BCUT2D eigenvalue weighted by Crippen LogP contribution is -2.58. The maximum absolute atomic E-state index is 13.5. The Bertz CT molecular complexity index is 573. The van der Waals surface area contributed by atoms with Gasteiger partial charge in [-0.1, -0.05) is 17.7 Å². The summed E-state index contributed by atoms with van der Waals surface area (Å²) in [5, 5.41) is 3.45. The summed E-state index contributed by atoms with van der Waals surface area (Å²) < 4.78 is 40.4. The van der Waals surface area contributed by atoms with E-state index in [0.29, 0.717) is 6.04 Å². The van der Waals surface area contributed by atoms with Crippen LogP contribution < -0.4 is 5.32 Å². The second-order valence-electron chi connectivity index (χ2n) is 7.00. The van der Waals surface area contributed by atoms with Gasteiger partial charge in [-0.25, -0.2) is 13.2 Å². The van der Waals surface area contributed by atoms with Gasteiger partial charge in [0.1, 0.15) is 5.82 Å². The summed E-state index contributed by atoms with van der Waals surface area (Å²) in [6.07, 6.45) is -0.227. The third-order valence-corrected chi connectivity index (χ3v) is 5.31. The van der Waals surface area contributed by atoms with Gasteiger partial charge in [-0.3, -0.25) is 4.90 Å². The van der Waals surface area contributed by atoms with Gasteiger partial charge in [0, 0.05) is 44.1 Å². The molecule has 1 saturated heterocycles. The first-order valence-corrected chi connectivity index (χ1v) is 8.46. The number of rotatable bonds is 3. The first-order chi connectivity index (χ1) is 10.8. The van der Waals surface area contributed by atoms with Crippen molar-refractivity contribution in [1.29, 1.82) is 0 Å². The number of piperazine rings is 1. The maximum atomic E-state index is 13.5. The monoisotopic (exact) mass is 346 g/mol. The predicted molar refractivity (Wildman–Crippen MR) is 85.5 cm³/mol. The fraction of sp³-hybridized carbons (Fsp3) is 0.647. The average Bonchev–Trinajstić information content (AvgIpc) is 2.45. The number of halogens is 4. The molecule has 1 aromatic rings. The Kier molecular flexibility index (Phi) is 4.64. The summed E-state index contributed by atoms with van der Waals surface area (Å²) in [5.74, 6) is -3.18. The van der Waals surface area contributed by atoms with Gasteiger partial charge in [0.15, 0.2) is 0 Å². The standard InChI is InChI=1S/C17H22ClF3N2/c1-10-9-23(11(2)8-22-10)16(13-6-17(20,21)7-13)12-3-4-15(19)14(18)5-12/h3-5,10-11,13,16,22H,6-9H2,1-2H3/t10-,11+,16?/m0/s1. The highest BCUT2D eigenvalue weighted by atomic mass is 35.5. The molecule has 2 aliphatic rings. The fourth-order valence-electron chi connectivity index (χ4n) is 3.80. The molecule has 1 aliphatic heterocycles. The Hall–Kier alpha value is -0.780. The molecule has 23 heavy (non-hydrogen) atoms. The summed E-state index contributed by atoms with van der Waals surface area (Å²) in [6, 6.07) is 4.99. The zero-order chi connectivity index (χ0) is 16.8. The Balaban J connectivity index is 1.91. The Morgan fingerprint density at radius 3 is 2.61 bits per heavy atom. The smallest absolute Gasteiger partial charge is 0.248 e. The van der Waals surface area contributed by atoms with E-state index in [0.717, 1.165) is 18.7 Å². The van der Waals surface area contributed by atoms with Gasteiger partial charge >= 0.3 is 0 Å². The van der Waals surface area contributed by atoms with Crippen LogP contribution in [0, 0.1) is 11.7 Å². The molecule has 1 unspecified atom stereocenters. The molecule has 1 N–H and O–H groups in total. The van der Waals surface area contributed by atoms with Crippen molar-refractivity contribution < 1.29 is 13.2 Å². The van der Waals surface area contributed by atoms with Crippen molar-refractivity contribution in [2.75, 3.05) is 13.1 Å². The van der Waals surface area contributed by atoms with Gasteiger partial charge in [-0.15, -0.1) is 0 Å². The molecule has 3 rings (SSSR count). The number of nitrogens with one attached hydrogen (secondary N) is 1. The number of nitrogens with zero attached hydrogens (tertiary/aromatic N) is 1. The average molecular weight is 347 g/mol. The van der Waals surface area contributed by atoms with Crippen molar-refractivity contribution in [3.05, 3.63) is 34.6 Å². The van der Waals surface area contributed by atoms with Crippen molar-refractivity contribution in [2.45, 2.75) is 50.7 Å². The van der Waals surface area contributed by atoms with Crippen molar-refractivity contribution in [2.24, 2.45) is 5.92 Å². The number of hydrogen-bond acceptors (Lipinski definition) is 2. The van der Waals surface area contributed by atoms with Crippen LogP contribution in [0.15, 0.2) is 18.2 Å². The fourth-order valence-corrected chi connectivity index (χ4v) is 3.99. The molecule has 3 atom stereocenters. The van der Waals surface area contributed by atoms with Crippen LogP contribution in [-0.2, 0) is 0 Å². The maximum Gasteiger partial charge on any atom is 0.248 e.